The molecule has 0 aliphatic carbocycles. The number of carbonyl (C=O) groups excluding carboxylic acids is 2. The molecule has 10 heteroatoms. The van der Waals surface area contributed by atoms with Crippen molar-refractivity contribution < 1.29 is 14.1 Å². The third-order valence-corrected chi connectivity index (χ3v) is 4.69. The number of benzene rings is 1. The van der Waals surface area contributed by atoms with Crippen LogP contribution in [0.4, 0.5) is 5.69 Å². The minimum absolute atomic E-state index is 0.107. The lowest BCUT2D eigenvalue weighted by Crippen LogP contribution is -2.35. The number of nitrogens with one attached hydrogen (secondary N) is 1. The Kier molecular flexibility index (Phi) is 6.79. The van der Waals surface area contributed by atoms with Crippen LogP contribution in [0.25, 0.3) is 11.4 Å². The number of anilines is 1. The van der Waals surface area contributed by atoms with Gasteiger partial charge in [0.05, 0.1) is 16.6 Å². The van der Waals surface area contributed by atoms with E-state index in [0.717, 1.165) is 5.56 Å². The van der Waals surface area contributed by atoms with Crippen LogP contribution in [0.1, 0.15) is 12.3 Å². The zero-order valence-corrected chi connectivity index (χ0v) is 16.9. The van der Waals surface area contributed by atoms with Gasteiger partial charge < -0.3 is 14.7 Å². The van der Waals surface area contributed by atoms with E-state index in [4.69, 9.17) is 27.7 Å². The molecule has 1 aromatic carbocycles. The van der Waals surface area contributed by atoms with Crippen molar-refractivity contribution in [2.24, 2.45) is 0 Å². The van der Waals surface area contributed by atoms with E-state index in [1.807, 2.05) is 6.07 Å². The molecular formula is C19H17Cl2N5O3. The van der Waals surface area contributed by atoms with Crippen LogP contribution in [0.2, 0.25) is 10.0 Å². The van der Waals surface area contributed by atoms with Crippen LogP contribution < -0.4 is 5.32 Å². The SMILES string of the molecule is CN(CC(=O)Nc1ccc(Cl)c(Cl)c1)C(=O)CCc1nc(-c2cccnc2)no1. The number of likely N-dealkylation sites (N-methyl/N-ethyl adjacent to an activating group) is 1. The largest absolute Gasteiger partial charge is 0.339 e. The molecule has 0 atom stereocenters. The van der Waals surface area contributed by atoms with Crippen LogP contribution in [0.15, 0.2) is 47.2 Å². The van der Waals surface area contributed by atoms with Gasteiger partial charge in [-0.25, -0.2) is 0 Å². The third kappa shape index (κ3) is 5.75. The van der Waals surface area contributed by atoms with E-state index in [1.54, 1.807) is 43.7 Å². The van der Waals surface area contributed by atoms with Crippen molar-refractivity contribution in [3.8, 4) is 11.4 Å². The van der Waals surface area contributed by atoms with Crippen LogP contribution in [0.3, 0.4) is 0 Å². The summed E-state index contributed by atoms with van der Waals surface area (Å²) in [5, 5.41) is 7.28. The van der Waals surface area contributed by atoms with Crippen LogP contribution in [0, 0.1) is 0 Å². The summed E-state index contributed by atoms with van der Waals surface area (Å²) in [6, 6.07) is 8.33. The Labute approximate surface area is 176 Å². The highest BCUT2D eigenvalue weighted by Crippen LogP contribution is 2.25. The fraction of sp³-hybridized carbons (Fsp3) is 0.211. The number of amides is 2. The van der Waals surface area contributed by atoms with Gasteiger partial charge >= 0.3 is 0 Å². The molecule has 2 aromatic heterocycles. The molecule has 2 amide bonds. The second-order valence-corrected chi connectivity index (χ2v) is 6.99. The smallest absolute Gasteiger partial charge is 0.243 e. The third-order valence-electron chi connectivity index (χ3n) is 3.95. The summed E-state index contributed by atoms with van der Waals surface area (Å²) >= 11 is 11.8. The van der Waals surface area contributed by atoms with Crippen molar-refractivity contribution in [2.75, 3.05) is 18.9 Å². The summed E-state index contributed by atoms with van der Waals surface area (Å²) in [5.41, 5.74) is 1.23. The van der Waals surface area contributed by atoms with Crippen molar-refractivity contribution in [1.82, 2.24) is 20.0 Å². The summed E-state index contributed by atoms with van der Waals surface area (Å²) in [6.07, 6.45) is 3.67. The number of halogens is 2. The minimum Gasteiger partial charge on any atom is -0.339 e. The average molecular weight is 434 g/mol. The molecule has 0 saturated heterocycles. The summed E-state index contributed by atoms with van der Waals surface area (Å²) in [5.74, 6) is 0.173. The van der Waals surface area contributed by atoms with Crippen molar-refractivity contribution in [3.05, 3.63) is 58.7 Å². The van der Waals surface area contributed by atoms with Crippen LogP contribution in [0.5, 0.6) is 0 Å². The van der Waals surface area contributed by atoms with E-state index in [0.29, 0.717) is 27.4 Å². The summed E-state index contributed by atoms with van der Waals surface area (Å²) in [4.78, 5) is 34.0. The molecular weight excluding hydrogens is 417 g/mol. The maximum Gasteiger partial charge on any atom is 0.243 e. The van der Waals surface area contributed by atoms with Gasteiger partial charge in [0.15, 0.2) is 0 Å². The first-order chi connectivity index (χ1) is 13.9. The van der Waals surface area contributed by atoms with Crippen molar-refractivity contribution >= 4 is 40.7 Å². The van der Waals surface area contributed by atoms with E-state index in [-0.39, 0.29) is 31.2 Å². The van der Waals surface area contributed by atoms with Gasteiger partial charge in [-0.2, -0.15) is 4.98 Å². The molecule has 0 spiro atoms. The van der Waals surface area contributed by atoms with Gasteiger partial charge in [-0.1, -0.05) is 28.4 Å². The maximum absolute atomic E-state index is 12.3. The predicted octanol–water partition coefficient (Wildman–Crippen LogP) is 3.47. The minimum atomic E-state index is -0.351. The van der Waals surface area contributed by atoms with Gasteiger partial charge in [-0.15, -0.1) is 0 Å². The van der Waals surface area contributed by atoms with Crippen molar-refractivity contribution in [3.63, 3.8) is 0 Å². The number of rotatable bonds is 7. The molecule has 0 radical (unpaired) electrons. The summed E-state index contributed by atoms with van der Waals surface area (Å²) in [6.45, 7) is -0.107. The molecule has 0 bridgehead atoms. The number of pyridine rings is 1. The second-order valence-electron chi connectivity index (χ2n) is 6.18. The first-order valence-electron chi connectivity index (χ1n) is 8.64. The van der Waals surface area contributed by atoms with Gasteiger partial charge in [0.2, 0.25) is 23.5 Å². The monoisotopic (exact) mass is 433 g/mol. The van der Waals surface area contributed by atoms with E-state index in [1.165, 1.54) is 4.90 Å². The van der Waals surface area contributed by atoms with E-state index in [9.17, 15) is 9.59 Å². The Morgan fingerprint density at radius 1 is 1.21 bits per heavy atom. The van der Waals surface area contributed by atoms with Crippen molar-refractivity contribution in [2.45, 2.75) is 12.8 Å². The molecule has 0 unspecified atom stereocenters. The average Bonchev–Trinajstić information content (AvgIpc) is 3.18. The Morgan fingerprint density at radius 2 is 2.03 bits per heavy atom. The number of hydrogen-bond acceptors (Lipinski definition) is 6. The molecule has 3 rings (SSSR count). The highest BCUT2D eigenvalue weighted by atomic mass is 35.5. The first-order valence-corrected chi connectivity index (χ1v) is 9.40. The van der Waals surface area contributed by atoms with Crippen molar-refractivity contribution in [1.29, 1.82) is 0 Å². The van der Waals surface area contributed by atoms with E-state index >= 15 is 0 Å². The number of nitrogens with zero attached hydrogens (tertiary/aromatic N) is 4. The standard InChI is InChI=1S/C19H17Cl2N5O3/c1-26(11-16(27)23-13-4-5-14(20)15(21)9-13)18(28)7-6-17-24-19(25-29-17)12-3-2-8-22-10-12/h2-5,8-10H,6-7,11H2,1H3,(H,23,27). The Hall–Kier alpha value is -2.97. The fourth-order valence-corrected chi connectivity index (χ4v) is 2.75. The molecule has 8 nitrogen and oxygen atoms in total. The van der Waals surface area contributed by atoms with Gasteiger partial charge in [-0.3, -0.25) is 14.6 Å². The zero-order chi connectivity index (χ0) is 20.8. The molecule has 0 saturated carbocycles. The zero-order valence-electron chi connectivity index (χ0n) is 15.4. The van der Waals surface area contributed by atoms with Gasteiger partial charge in [0, 0.05) is 43.5 Å². The van der Waals surface area contributed by atoms with E-state index < -0.39 is 0 Å². The fourth-order valence-electron chi connectivity index (χ4n) is 2.45. The Bertz CT molecular complexity index is 1010. The quantitative estimate of drug-likeness (QED) is 0.611. The highest BCUT2D eigenvalue weighted by Gasteiger charge is 2.16. The molecule has 0 aliphatic heterocycles. The topological polar surface area (TPSA) is 101 Å². The second kappa shape index (κ2) is 9.49. The lowest BCUT2D eigenvalue weighted by atomic mass is 10.2. The molecule has 1 N–H and O–H groups in total. The lowest BCUT2D eigenvalue weighted by Gasteiger charge is -2.16. The molecule has 2 heterocycles. The maximum atomic E-state index is 12.3. The molecule has 0 aliphatic rings. The first kappa shape index (κ1) is 20.8. The van der Waals surface area contributed by atoms with Gasteiger partial charge in [0.25, 0.3) is 0 Å². The molecule has 0 fully saturated rings. The van der Waals surface area contributed by atoms with Gasteiger partial charge in [0.1, 0.15) is 0 Å². The van der Waals surface area contributed by atoms with Crippen LogP contribution >= 0.6 is 23.2 Å². The number of hydrogen-bond donors (Lipinski definition) is 1. The normalized spacial score (nSPS) is 10.6. The Morgan fingerprint density at radius 3 is 2.76 bits per heavy atom. The number of carbonyl (C=O) groups is 2. The highest BCUT2D eigenvalue weighted by molar-refractivity contribution is 6.42. The molecule has 3 aromatic rings. The lowest BCUT2D eigenvalue weighted by molar-refractivity contribution is -0.133. The van der Waals surface area contributed by atoms with E-state index in [2.05, 4.69) is 20.4 Å². The Balaban J connectivity index is 1.48. The number of aromatic nitrogens is 3. The van der Waals surface area contributed by atoms with Crippen LogP contribution in [-0.4, -0.2) is 45.4 Å². The predicted molar refractivity (Wildman–Crippen MR) is 109 cm³/mol. The number of aryl methyl sites for hydroxylation is 1. The summed E-state index contributed by atoms with van der Waals surface area (Å²) < 4.78 is 5.17. The molecule has 29 heavy (non-hydrogen) atoms. The molecule has 150 valence electrons. The summed E-state index contributed by atoms with van der Waals surface area (Å²) in [7, 11) is 1.55. The van der Waals surface area contributed by atoms with Crippen LogP contribution in [-0.2, 0) is 16.0 Å². The van der Waals surface area contributed by atoms with Gasteiger partial charge in [-0.05, 0) is 30.3 Å².